The molecule has 1 aliphatic heterocycles. The summed E-state index contributed by atoms with van der Waals surface area (Å²) in [6.07, 6.45) is 0. The van der Waals surface area contributed by atoms with Crippen LogP contribution in [0.15, 0.2) is 5.95 Å². The average Bonchev–Trinajstić information content (AvgIpc) is 1.60. The Balaban J connectivity index is 2.83. The lowest BCUT2D eigenvalue weighted by molar-refractivity contribution is 0.124. The fraction of sp³-hybridized carbons (Fsp3) is 0. The predicted molar refractivity (Wildman–Crippen MR) is 20.3 cm³/mol. The lowest BCUT2D eigenvalue weighted by Gasteiger charge is -2.12. The second kappa shape index (κ2) is 1.24. The van der Waals surface area contributed by atoms with E-state index < -0.39 is 16.3 Å². The zero-order chi connectivity index (χ0) is 6.20. The summed E-state index contributed by atoms with van der Waals surface area (Å²) < 4.78 is 27.1. The molecule has 1 fully saturated rings. The molecule has 0 radical (unpaired) electrons. The minimum absolute atomic E-state index is 0.634. The van der Waals surface area contributed by atoms with Crippen molar-refractivity contribution in [1.82, 2.24) is 0 Å². The summed E-state index contributed by atoms with van der Waals surface area (Å²) in [5.74, 6) is 0.466. The van der Waals surface area contributed by atoms with Crippen molar-refractivity contribution in [2.75, 3.05) is 0 Å². The molecule has 1 heterocycles. The molecule has 0 unspecified atom stereocenters. The Bertz CT molecular complexity index is 228. The number of carbonyl (C=O) groups excluding carboxylic acids is 1. The molecule has 0 aromatic heterocycles. The maximum absolute atomic E-state index is 9.81. The summed E-state index contributed by atoms with van der Waals surface area (Å²) in [7, 11) is -3.84. The van der Waals surface area contributed by atoms with Gasteiger partial charge in [-0.1, -0.05) is 0 Å². The zero-order valence-corrected chi connectivity index (χ0v) is 4.27. The normalized spacial score (nSPS) is 21.8. The maximum atomic E-state index is 9.81. The first-order chi connectivity index (χ1) is 3.64. The molecule has 1 aliphatic rings. The highest BCUT2D eigenvalue weighted by atomic mass is 32.3. The molecule has 6 heteroatoms. The van der Waals surface area contributed by atoms with Gasteiger partial charge >= 0.3 is 16.3 Å². The average molecular weight is 136 g/mol. The Morgan fingerprint density at radius 3 is 2.00 bits per heavy atom. The summed E-state index contributed by atoms with van der Waals surface area (Å²) in [5, 5.41) is 0. The van der Waals surface area contributed by atoms with Gasteiger partial charge in [-0.3, -0.25) is 0 Å². The molecule has 44 valence electrons. The standard InChI is InChI=1S/C2O5S/c3-1-2-6-8(4,5)7-2. The molecular weight excluding hydrogens is 136 g/mol. The summed E-state index contributed by atoms with van der Waals surface area (Å²) in [4.78, 5) is 9.40. The Hall–Kier alpha value is -1.00. The van der Waals surface area contributed by atoms with E-state index >= 15 is 0 Å². The lowest BCUT2D eigenvalue weighted by atomic mass is 11.0. The van der Waals surface area contributed by atoms with Crippen LogP contribution in [0.25, 0.3) is 0 Å². The van der Waals surface area contributed by atoms with E-state index in [9.17, 15) is 13.2 Å². The van der Waals surface area contributed by atoms with Gasteiger partial charge in [0.1, 0.15) is 0 Å². The fourth-order valence-corrected chi connectivity index (χ4v) is 0.677. The van der Waals surface area contributed by atoms with Crippen LogP contribution in [-0.4, -0.2) is 14.4 Å². The van der Waals surface area contributed by atoms with E-state index in [1.807, 2.05) is 0 Å². The molecule has 0 aromatic rings. The second-order valence-electron chi connectivity index (χ2n) is 0.964. The van der Waals surface area contributed by atoms with E-state index in [0.29, 0.717) is 0 Å². The van der Waals surface area contributed by atoms with Gasteiger partial charge in [0.05, 0.1) is 0 Å². The molecular formula is C2O5S. The first kappa shape index (κ1) is 5.14. The van der Waals surface area contributed by atoms with Gasteiger partial charge in [0.2, 0.25) is 5.94 Å². The molecule has 0 saturated carbocycles. The van der Waals surface area contributed by atoms with E-state index in [1.165, 1.54) is 0 Å². The molecule has 0 aromatic carbocycles. The van der Waals surface area contributed by atoms with Gasteiger partial charge < -0.3 is 8.37 Å². The molecule has 0 aliphatic carbocycles. The molecule has 5 nitrogen and oxygen atoms in total. The molecule has 1 saturated heterocycles. The minimum atomic E-state index is -3.84. The van der Waals surface area contributed by atoms with Crippen molar-refractivity contribution in [2.45, 2.75) is 0 Å². The van der Waals surface area contributed by atoms with Crippen LogP contribution in [0.4, 0.5) is 0 Å². The number of rotatable bonds is 0. The molecule has 0 atom stereocenters. The van der Waals surface area contributed by atoms with Crippen molar-refractivity contribution < 1.29 is 21.6 Å². The molecule has 1 rings (SSSR count). The van der Waals surface area contributed by atoms with Gasteiger partial charge in [-0.2, -0.15) is 0 Å². The first-order valence-corrected chi connectivity index (χ1v) is 2.86. The van der Waals surface area contributed by atoms with Crippen LogP contribution in [0.2, 0.25) is 0 Å². The van der Waals surface area contributed by atoms with Crippen LogP contribution in [0.1, 0.15) is 0 Å². The molecule has 8 heavy (non-hydrogen) atoms. The third kappa shape index (κ3) is 0.661. The molecule has 0 amide bonds. The van der Waals surface area contributed by atoms with Crippen molar-refractivity contribution in [3.05, 3.63) is 5.95 Å². The SMILES string of the molecule is O=C=C1OS(=O)(=O)O1. The van der Waals surface area contributed by atoms with Crippen LogP contribution < -0.4 is 0 Å². The van der Waals surface area contributed by atoms with Crippen LogP contribution >= 0.6 is 0 Å². The summed E-state index contributed by atoms with van der Waals surface area (Å²) in [6, 6.07) is 0. The monoisotopic (exact) mass is 136 g/mol. The van der Waals surface area contributed by atoms with Crippen LogP contribution in [0.3, 0.4) is 0 Å². The van der Waals surface area contributed by atoms with Crippen molar-refractivity contribution >= 4 is 16.3 Å². The highest BCUT2D eigenvalue weighted by Gasteiger charge is 2.33. The molecule has 0 bridgehead atoms. The largest absolute Gasteiger partial charge is 0.507 e. The summed E-state index contributed by atoms with van der Waals surface area (Å²) in [6.45, 7) is 0. The lowest BCUT2D eigenvalue weighted by Crippen LogP contribution is -2.22. The number of hydrogen-bond donors (Lipinski definition) is 0. The van der Waals surface area contributed by atoms with Gasteiger partial charge in [-0.15, -0.1) is 8.42 Å². The minimum Gasteiger partial charge on any atom is -0.304 e. The van der Waals surface area contributed by atoms with Crippen LogP contribution in [-0.2, 0) is 23.6 Å². The van der Waals surface area contributed by atoms with Gasteiger partial charge in [0, 0.05) is 0 Å². The topological polar surface area (TPSA) is 69.7 Å². The zero-order valence-electron chi connectivity index (χ0n) is 3.45. The Kier molecular flexibility index (Phi) is 0.797. The smallest absolute Gasteiger partial charge is 0.304 e. The predicted octanol–water partition coefficient (Wildman–Crippen LogP) is -1.05. The van der Waals surface area contributed by atoms with Crippen LogP contribution in [0.5, 0.6) is 0 Å². The second-order valence-corrected chi connectivity index (χ2v) is 2.11. The van der Waals surface area contributed by atoms with Gasteiger partial charge in [-0.25, -0.2) is 4.79 Å². The van der Waals surface area contributed by atoms with Crippen molar-refractivity contribution in [2.24, 2.45) is 0 Å². The summed E-state index contributed by atoms with van der Waals surface area (Å²) in [5.41, 5.74) is 0. The Morgan fingerprint density at radius 2 is 1.88 bits per heavy atom. The third-order valence-electron chi connectivity index (χ3n) is 0.439. The third-order valence-corrected chi connectivity index (χ3v) is 1.15. The van der Waals surface area contributed by atoms with E-state index in [1.54, 1.807) is 0 Å². The van der Waals surface area contributed by atoms with Crippen LogP contribution in [0, 0.1) is 0 Å². The van der Waals surface area contributed by atoms with Crippen molar-refractivity contribution in [1.29, 1.82) is 0 Å². The van der Waals surface area contributed by atoms with Gasteiger partial charge in [0.25, 0.3) is 0 Å². The molecule has 0 N–H and O–H groups in total. The van der Waals surface area contributed by atoms with Gasteiger partial charge in [0.15, 0.2) is 0 Å². The number of hydrogen-bond acceptors (Lipinski definition) is 5. The van der Waals surface area contributed by atoms with E-state index in [0.717, 1.165) is 5.94 Å². The van der Waals surface area contributed by atoms with E-state index in [4.69, 9.17) is 0 Å². The first-order valence-electron chi connectivity index (χ1n) is 1.53. The quantitative estimate of drug-likeness (QED) is 0.397. The van der Waals surface area contributed by atoms with Crippen molar-refractivity contribution in [3.8, 4) is 0 Å². The highest BCUT2D eigenvalue weighted by Crippen LogP contribution is 2.18. The van der Waals surface area contributed by atoms with E-state index in [2.05, 4.69) is 8.37 Å². The summed E-state index contributed by atoms with van der Waals surface area (Å²) >= 11 is 0. The fourth-order valence-electron chi connectivity index (χ4n) is 0.226. The Labute approximate surface area is 44.8 Å². The Morgan fingerprint density at radius 1 is 1.38 bits per heavy atom. The van der Waals surface area contributed by atoms with E-state index in [-0.39, 0.29) is 0 Å². The van der Waals surface area contributed by atoms with Gasteiger partial charge in [-0.05, 0) is 0 Å². The molecule has 0 spiro atoms. The maximum Gasteiger partial charge on any atom is 0.507 e. The van der Waals surface area contributed by atoms with Crippen molar-refractivity contribution in [3.63, 3.8) is 0 Å². The highest BCUT2D eigenvalue weighted by molar-refractivity contribution is 7.83.